The van der Waals surface area contributed by atoms with Gasteiger partial charge in [0.2, 0.25) is 0 Å². The Labute approximate surface area is 120 Å². The number of hydrogen-bond acceptors (Lipinski definition) is 2. The highest BCUT2D eigenvalue weighted by Crippen LogP contribution is 2.06. The lowest BCUT2D eigenvalue weighted by Gasteiger charge is -1.92. The van der Waals surface area contributed by atoms with Crippen LogP contribution in [0.15, 0.2) is 54.9 Å². The summed E-state index contributed by atoms with van der Waals surface area (Å²) in [4.78, 5) is 7.07. The summed E-state index contributed by atoms with van der Waals surface area (Å²) in [7, 11) is 0. The van der Waals surface area contributed by atoms with Gasteiger partial charge in [-0.1, -0.05) is 40.2 Å². The zero-order valence-electron chi connectivity index (χ0n) is 10.2. The van der Waals surface area contributed by atoms with Crippen LogP contribution in [0.2, 0.25) is 0 Å². The molecule has 0 amide bonds. The van der Waals surface area contributed by atoms with Crippen molar-refractivity contribution in [3.05, 3.63) is 66.0 Å². The number of nitriles is 1. The second kappa shape index (κ2) is 6.72. The zero-order chi connectivity index (χ0) is 13.5. The third-order valence-electron chi connectivity index (χ3n) is 2.57. The number of para-hydroxylation sites is 2. The molecular weight excluding hydrogens is 302 g/mol. The number of imidazole rings is 1. The first-order chi connectivity index (χ1) is 9.33. The number of alkyl halides is 1. The Morgan fingerprint density at radius 3 is 2.47 bits per heavy atom. The summed E-state index contributed by atoms with van der Waals surface area (Å²) in [5, 5.41) is 9.29. The summed E-state index contributed by atoms with van der Waals surface area (Å²) in [6, 6.07) is 17.5. The molecule has 0 saturated carbocycles. The maximum absolute atomic E-state index is 8.44. The number of hydrogen-bond donors (Lipinski definition) is 1. The summed E-state index contributed by atoms with van der Waals surface area (Å²) in [5.41, 5.74) is 4.03. The molecule has 0 aliphatic rings. The molecule has 19 heavy (non-hydrogen) atoms. The van der Waals surface area contributed by atoms with E-state index in [1.54, 1.807) is 6.33 Å². The van der Waals surface area contributed by atoms with E-state index >= 15 is 0 Å². The summed E-state index contributed by atoms with van der Waals surface area (Å²) < 4.78 is 0. The molecule has 1 N–H and O–H groups in total. The molecule has 0 bridgehead atoms. The number of aromatic nitrogens is 2. The van der Waals surface area contributed by atoms with Crippen LogP contribution in [-0.2, 0) is 5.33 Å². The Morgan fingerprint density at radius 2 is 1.84 bits per heavy atom. The highest BCUT2D eigenvalue weighted by Gasteiger charge is 1.89. The molecule has 0 saturated heterocycles. The predicted octanol–water partition coefficient (Wildman–Crippen LogP) is 4.02. The van der Waals surface area contributed by atoms with Gasteiger partial charge < -0.3 is 4.98 Å². The van der Waals surface area contributed by atoms with E-state index in [9.17, 15) is 0 Å². The van der Waals surface area contributed by atoms with E-state index in [0.29, 0.717) is 5.56 Å². The second-order valence-corrected chi connectivity index (χ2v) is 4.42. The Bertz CT molecular complexity index is 650. The zero-order valence-corrected chi connectivity index (χ0v) is 11.8. The molecule has 0 radical (unpaired) electrons. The van der Waals surface area contributed by atoms with Gasteiger partial charge in [0.05, 0.1) is 29.0 Å². The Hall–Kier alpha value is -2.12. The van der Waals surface area contributed by atoms with E-state index < -0.39 is 0 Å². The third-order valence-corrected chi connectivity index (χ3v) is 3.21. The van der Waals surface area contributed by atoms with Gasteiger partial charge in [0.15, 0.2) is 0 Å². The van der Waals surface area contributed by atoms with Gasteiger partial charge in [-0.3, -0.25) is 0 Å². The van der Waals surface area contributed by atoms with Gasteiger partial charge in [-0.05, 0) is 29.8 Å². The lowest BCUT2D eigenvalue weighted by Crippen LogP contribution is -1.76. The summed E-state index contributed by atoms with van der Waals surface area (Å²) in [5.74, 6) is 0. The maximum Gasteiger partial charge on any atom is 0.0991 e. The SMILES string of the molecule is N#Cc1ccc(CBr)cc1.c1ccc2[nH]cnc2c1. The van der Waals surface area contributed by atoms with Gasteiger partial charge in [0, 0.05) is 5.33 Å². The molecule has 3 nitrogen and oxygen atoms in total. The molecule has 2 aromatic carbocycles. The molecule has 0 unspecified atom stereocenters. The van der Waals surface area contributed by atoms with Crippen LogP contribution in [0, 0.1) is 11.3 Å². The van der Waals surface area contributed by atoms with Crippen molar-refractivity contribution in [2.75, 3.05) is 0 Å². The Kier molecular flexibility index (Phi) is 4.71. The number of rotatable bonds is 1. The monoisotopic (exact) mass is 313 g/mol. The van der Waals surface area contributed by atoms with Crippen molar-refractivity contribution >= 4 is 27.0 Å². The van der Waals surface area contributed by atoms with Crippen LogP contribution in [0.3, 0.4) is 0 Å². The average molecular weight is 314 g/mol. The molecule has 1 aromatic heterocycles. The number of nitrogens with one attached hydrogen (secondary N) is 1. The normalized spacial score (nSPS) is 9.47. The minimum atomic E-state index is 0.713. The molecule has 0 fully saturated rings. The quantitative estimate of drug-likeness (QED) is 0.690. The first-order valence-corrected chi connectivity index (χ1v) is 6.89. The number of fused-ring (bicyclic) bond motifs is 1. The fourth-order valence-electron chi connectivity index (χ4n) is 1.55. The van der Waals surface area contributed by atoms with E-state index in [1.807, 2.05) is 48.5 Å². The van der Waals surface area contributed by atoms with Crippen LogP contribution in [0.5, 0.6) is 0 Å². The standard InChI is InChI=1S/C8H6BrN.C7H6N2/c9-5-7-1-3-8(6-10)4-2-7;1-2-4-7-6(3-1)8-5-9-7/h1-4H,5H2;1-5H,(H,8,9). The molecule has 3 aromatic rings. The molecular formula is C15H12BrN3. The van der Waals surface area contributed by atoms with Crippen molar-refractivity contribution < 1.29 is 0 Å². The molecule has 0 spiro atoms. The Morgan fingerprint density at radius 1 is 1.11 bits per heavy atom. The first-order valence-electron chi connectivity index (χ1n) is 5.76. The molecule has 4 heteroatoms. The number of halogens is 1. The molecule has 94 valence electrons. The van der Waals surface area contributed by atoms with Crippen LogP contribution >= 0.6 is 15.9 Å². The van der Waals surface area contributed by atoms with Gasteiger partial charge in [-0.15, -0.1) is 0 Å². The number of nitrogens with zero attached hydrogens (tertiary/aromatic N) is 2. The minimum absolute atomic E-state index is 0.713. The van der Waals surface area contributed by atoms with Gasteiger partial charge in [0.1, 0.15) is 0 Å². The predicted molar refractivity (Wildman–Crippen MR) is 79.9 cm³/mol. The molecule has 0 aliphatic heterocycles. The van der Waals surface area contributed by atoms with Crippen molar-refractivity contribution in [3.8, 4) is 6.07 Å². The topological polar surface area (TPSA) is 52.5 Å². The summed E-state index contributed by atoms with van der Waals surface area (Å²) in [6.45, 7) is 0. The van der Waals surface area contributed by atoms with Gasteiger partial charge in [-0.2, -0.15) is 5.26 Å². The third kappa shape index (κ3) is 3.67. The lowest BCUT2D eigenvalue weighted by molar-refractivity contribution is 1.34. The molecule has 3 rings (SSSR count). The lowest BCUT2D eigenvalue weighted by atomic mass is 10.2. The Balaban J connectivity index is 0.000000141. The number of benzene rings is 2. The van der Waals surface area contributed by atoms with Crippen LogP contribution in [-0.4, -0.2) is 9.97 Å². The second-order valence-electron chi connectivity index (χ2n) is 3.86. The van der Waals surface area contributed by atoms with E-state index in [4.69, 9.17) is 5.26 Å². The van der Waals surface area contributed by atoms with Crippen molar-refractivity contribution in [2.45, 2.75) is 5.33 Å². The average Bonchev–Trinajstić information content (AvgIpc) is 2.96. The highest BCUT2D eigenvalue weighted by molar-refractivity contribution is 9.08. The summed E-state index contributed by atoms with van der Waals surface area (Å²) >= 11 is 3.32. The van der Waals surface area contributed by atoms with Crippen molar-refractivity contribution in [2.24, 2.45) is 0 Å². The van der Waals surface area contributed by atoms with E-state index in [0.717, 1.165) is 16.4 Å². The minimum Gasteiger partial charge on any atom is -0.345 e. The van der Waals surface area contributed by atoms with Crippen molar-refractivity contribution in [3.63, 3.8) is 0 Å². The fourth-order valence-corrected chi connectivity index (χ4v) is 1.92. The largest absolute Gasteiger partial charge is 0.345 e. The van der Waals surface area contributed by atoms with Crippen molar-refractivity contribution in [1.82, 2.24) is 9.97 Å². The number of aromatic amines is 1. The molecule has 0 aliphatic carbocycles. The van der Waals surface area contributed by atoms with Crippen LogP contribution in [0.25, 0.3) is 11.0 Å². The highest BCUT2D eigenvalue weighted by atomic mass is 79.9. The summed E-state index contributed by atoms with van der Waals surface area (Å²) in [6.07, 6.45) is 1.70. The van der Waals surface area contributed by atoms with E-state index in [-0.39, 0.29) is 0 Å². The molecule has 1 heterocycles. The van der Waals surface area contributed by atoms with Crippen molar-refractivity contribution in [1.29, 1.82) is 5.26 Å². The smallest absolute Gasteiger partial charge is 0.0991 e. The van der Waals surface area contributed by atoms with Crippen LogP contribution in [0.1, 0.15) is 11.1 Å². The van der Waals surface area contributed by atoms with Gasteiger partial charge in [-0.25, -0.2) is 4.98 Å². The van der Waals surface area contributed by atoms with E-state index in [1.165, 1.54) is 5.56 Å². The van der Waals surface area contributed by atoms with Crippen LogP contribution in [0.4, 0.5) is 0 Å². The first kappa shape index (κ1) is 13.3. The maximum atomic E-state index is 8.44. The van der Waals surface area contributed by atoms with E-state index in [2.05, 4.69) is 32.0 Å². The number of H-pyrrole nitrogens is 1. The molecule has 0 atom stereocenters. The fraction of sp³-hybridized carbons (Fsp3) is 0.0667. The van der Waals surface area contributed by atoms with Gasteiger partial charge in [0.25, 0.3) is 0 Å². The van der Waals surface area contributed by atoms with Gasteiger partial charge >= 0.3 is 0 Å². The van der Waals surface area contributed by atoms with Crippen LogP contribution < -0.4 is 0 Å².